The Morgan fingerprint density at radius 1 is 0.800 bits per heavy atom. The van der Waals surface area contributed by atoms with E-state index in [0.29, 0.717) is 5.56 Å². The molecule has 4 aromatic rings. The minimum atomic E-state index is -0.458. The lowest BCUT2D eigenvalue weighted by atomic mass is 9.77. The summed E-state index contributed by atoms with van der Waals surface area (Å²) in [6.07, 6.45) is 0. The van der Waals surface area contributed by atoms with Crippen molar-refractivity contribution in [2.75, 3.05) is 0 Å². The van der Waals surface area contributed by atoms with Crippen LogP contribution in [0.3, 0.4) is 0 Å². The van der Waals surface area contributed by atoms with E-state index in [4.69, 9.17) is 9.31 Å². The van der Waals surface area contributed by atoms with Crippen molar-refractivity contribution in [3.8, 4) is 11.8 Å². The van der Waals surface area contributed by atoms with Crippen molar-refractivity contribution in [1.29, 1.82) is 5.26 Å². The van der Waals surface area contributed by atoms with Crippen LogP contribution in [0, 0.1) is 11.3 Å². The maximum absolute atomic E-state index is 9.39. The van der Waals surface area contributed by atoms with E-state index < -0.39 is 18.3 Å². The molecule has 1 aromatic heterocycles. The average Bonchev–Trinajstić information content (AvgIpc) is 3.17. The molecule has 0 N–H and O–H groups in total. The zero-order chi connectivity index (χ0) is 21.1. The molecule has 0 radical (unpaired) electrons. The maximum atomic E-state index is 9.39. The highest BCUT2D eigenvalue weighted by atomic mass is 16.7. The third kappa shape index (κ3) is 2.69. The number of benzene rings is 3. The van der Waals surface area contributed by atoms with Gasteiger partial charge in [-0.05, 0) is 58.0 Å². The second kappa shape index (κ2) is 6.47. The average molecular weight is 394 g/mol. The number of hydrogen-bond acceptors (Lipinski definition) is 3. The van der Waals surface area contributed by atoms with Crippen LogP contribution in [-0.2, 0) is 9.31 Å². The minimum absolute atomic E-state index is 0.409. The summed E-state index contributed by atoms with van der Waals surface area (Å²) in [4.78, 5) is 0. The van der Waals surface area contributed by atoms with E-state index in [1.165, 1.54) is 0 Å². The Balaban J connectivity index is 1.78. The predicted octanol–water partition coefficient (Wildman–Crippen LogP) is 4.95. The fourth-order valence-electron chi connectivity index (χ4n) is 4.16. The second-order valence-corrected chi connectivity index (χ2v) is 8.84. The SMILES string of the molecule is CC1(C)OB(c2ccccc2-n2c3ccccc3c3cc(C#N)ccc32)OC1(C)C. The van der Waals surface area contributed by atoms with Gasteiger partial charge in [-0.15, -0.1) is 0 Å². The standard InChI is InChI=1S/C25H23BN2O2/c1-24(2)25(3,4)30-26(29-24)20-10-6-8-12-23(20)28-21-11-7-5-9-18(21)19-15-17(16-27)13-14-22(19)28/h5-15H,1-4H3. The molecule has 0 bridgehead atoms. The van der Waals surface area contributed by atoms with Crippen molar-refractivity contribution in [1.82, 2.24) is 4.57 Å². The largest absolute Gasteiger partial charge is 0.496 e. The van der Waals surface area contributed by atoms with Crippen LogP contribution in [-0.4, -0.2) is 22.9 Å². The predicted molar refractivity (Wildman–Crippen MR) is 121 cm³/mol. The normalized spacial score (nSPS) is 17.5. The lowest BCUT2D eigenvalue weighted by Crippen LogP contribution is -2.41. The lowest BCUT2D eigenvalue weighted by Gasteiger charge is -2.32. The van der Waals surface area contributed by atoms with Crippen LogP contribution >= 0.6 is 0 Å². The number of nitriles is 1. The summed E-state index contributed by atoms with van der Waals surface area (Å²) in [5, 5.41) is 11.6. The first-order valence-corrected chi connectivity index (χ1v) is 10.2. The molecule has 1 fully saturated rings. The molecule has 3 aromatic carbocycles. The zero-order valence-electron chi connectivity index (χ0n) is 17.6. The van der Waals surface area contributed by atoms with Gasteiger partial charge in [0.15, 0.2) is 0 Å². The summed E-state index contributed by atoms with van der Waals surface area (Å²) in [6, 6.07) is 24.6. The summed E-state index contributed by atoms with van der Waals surface area (Å²) in [6.45, 7) is 8.28. The fraction of sp³-hybridized carbons (Fsp3) is 0.240. The van der Waals surface area contributed by atoms with E-state index in [1.807, 2.05) is 42.5 Å². The smallest absolute Gasteiger partial charge is 0.399 e. The first-order valence-electron chi connectivity index (χ1n) is 10.2. The van der Waals surface area contributed by atoms with Gasteiger partial charge in [-0.2, -0.15) is 5.26 Å². The van der Waals surface area contributed by atoms with Crippen LogP contribution in [0.5, 0.6) is 0 Å². The maximum Gasteiger partial charge on any atom is 0.496 e. The Morgan fingerprint density at radius 2 is 1.43 bits per heavy atom. The first-order chi connectivity index (χ1) is 14.3. The van der Waals surface area contributed by atoms with E-state index in [0.717, 1.165) is 33.0 Å². The molecule has 0 saturated carbocycles. The molecular formula is C25H23BN2O2. The van der Waals surface area contributed by atoms with Gasteiger partial charge in [0.25, 0.3) is 0 Å². The molecule has 2 heterocycles. The van der Waals surface area contributed by atoms with Gasteiger partial charge in [0.1, 0.15) is 0 Å². The number of para-hydroxylation sites is 2. The molecule has 5 rings (SSSR count). The monoisotopic (exact) mass is 394 g/mol. The number of nitrogens with zero attached hydrogens (tertiary/aromatic N) is 2. The molecule has 0 unspecified atom stereocenters. The van der Waals surface area contributed by atoms with E-state index in [-0.39, 0.29) is 0 Å². The Kier molecular flexibility index (Phi) is 4.08. The summed E-state index contributed by atoms with van der Waals surface area (Å²) in [7, 11) is -0.458. The van der Waals surface area contributed by atoms with Gasteiger partial charge in [-0.3, -0.25) is 0 Å². The lowest BCUT2D eigenvalue weighted by molar-refractivity contribution is 0.00578. The van der Waals surface area contributed by atoms with Crippen molar-refractivity contribution in [2.24, 2.45) is 0 Å². The molecule has 1 aliphatic rings. The number of hydrogen-bond donors (Lipinski definition) is 0. The van der Waals surface area contributed by atoms with Crippen LogP contribution in [0.2, 0.25) is 0 Å². The topological polar surface area (TPSA) is 47.2 Å². The summed E-state index contributed by atoms with van der Waals surface area (Å²) in [5.41, 5.74) is 3.99. The Morgan fingerprint density at radius 3 is 2.17 bits per heavy atom. The molecule has 0 atom stereocenters. The van der Waals surface area contributed by atoms with E-state index in [1.54, 1.807) is 0 Å². The van der Waals surface area contributed by atoms with Gasteiger partial charge in [-0.1, -0.05) is 36.4 Å². The van der Waals surface area contributed by atoms with Crippen molar-refractivity contribution in [3.05, 3.63) is 72.3 Å². The highest BCUT2D eigenvalue weighted by molar-refractivity contribution is 6.63. The number of aromatic nitrogens is 1. The Hall–Kier alpha value is -3.07. The summed E-state index contributed by atoms with van der Waals surface area (Å²) >= 11 is 0. The van der Waals surface area contributed by atoms with Crippen LogP contribution in [0.1, 0.15) is 33.3 Å². The third-order valence-corrected chi connectivity index (χ3v) is 6.49. The quantitative estimate of drug-likeness (QED) is 0.452. The van der Waals surface area contributed by atoms with E-state index in [9.17, 15) is 5.26 Å². The van der Waals surface area contributed by atoms with Crippen molar-refractivity contribution in [2.45, 2.75) is 38.9 Å². The van der Waals surface area contributed by atoms with Crippen LogP contribution in [0.4, 0.5) is 0 Å². The third-order valence-electron chi connectivity index (χ3n) is 6.49. The zero-order valence-corrected chi connectivity index (χ0v) is 17.6. The van der Waals surface area contributed by atoms with Gasteiger partial charge in [0.05, 0.1) is 33.9 Å². The molecular weight excluding hydrogens is 371 g/mol. The Bertz CT molecular complexity index is 1310. The molecule has 148 valence electrons. The molecule has 0 spiro atoms. The van der Waals surface area contributed by atoms with Gasteiger partial charge in [-0.25, -0.2) is 0 Å². The van der Waals surface area contributed by atoms with Crippen LogP contribution in [0.15, 0.2) is 66.7 Å². The molecule has 0 aliphatic carbocycles. The van der Waals surface area contributed by atoms with Gasteiger partial charge in [0.2, 0.25) is 0 Å². The fourth-order valence-corrected chi connectivity index (χ4v) is 4.16. The molecule has 1 saturated heterocycles. The number of fused-ring (bicyclic) bond motifs is 3. The van der Waals surface area contributed by atoms with Crippen LogP contribution in [0.25, 0.3) is 27.5 Å². The highest BCUT2D eigenvalue weighted by Gasteiger charge is 2.52. The molecule has 0 amide bonds. The summed E-state index contributed by atoms with van der Waals surface area (Å²) < 4.78 is 15.0. The molecule has 4 nitrogen and oxygen atoms in total. The van der Waals surface area contributed by atoms with Gasteiger partial charge in [0, 0.05) is 21.9 Å². The second-order valence-electron chi connectivity index (χ2n) is 8.84. The first kappa shape index (κ1) is 18.9. The minimum Gasteiger partial charge on any atom is -0.399 e. The van der Waals surface area contributed by atoms with Crippen molar-refractivity contribution in [3.63, 3.8) is 0 Å². The van der Waals surface area contributed by atoms with Gasteiger partial charge >= 0.3 is 7.12 Å². The van der Waals surface area contributed by atoms with Crippen molar-refractivity contribution >= 4 is 34.4 Å². The van der Waals surface area contributed by atoms with Crippen LogP contribution < -0.4 is 5.46 Å². The number of rotatable bonds is 2. The molecule has 1 aliphatic heterocycles. The molecule has 30 heavy (non-hydrogen) atoms. The molecule has 5 heteroatoms. The van der Waals surface area contributed by atoms with Crippen molar-refractivity contribution < 1.29 is 9.31 Å². The summed E-state index contributed by atoms with van der Waals surface area (Å²) in [5.74, 6) is 0. The Labute approximate surface area is 176 Å². The van der Waals surface area contributed by atoms with E-state index >= 15 is 0 Å². The highest BCUT2D eigenvalue weighted by Crippen LogP contribution is 2.38. The van der Waals surface area contributed by atoms with Gasteiger partial charge < -0.3 is 13.9 Å². The van der Waals surface area contributed by atoms with E-state index in [2.05, 4.69) is 62.6 Å².